The highest BCUT2D eigenvalue weighted by Gasteiger charge is 2.32. The third-order valence-corrected chi connectivity index (χ3v) is 4.79. The summed E-state index contributed by atoms with van der Waals surface area (Å²) < 4.78 is 0. The van der Waals surface area contributed by atoms with Gasteiger partial charge in [0.15, 0.2) is 0 Å². The zero-order valence-electron chi connectivity index (χ0n) is 12.3. The fourth-order valence-corrected chi connectivity index (χ4v) is 3.61. The molecular formula is C17H26ClN. The molecule has 106 valence electrons. The lowest BCUT2D eigenvalue weighted by Crippen LogP contribution is -2.38. The molecule has 0 radical (unpaired) electrons. The van der Waals surface area contributed by atoms with Crippen molar-refractivity contribution in [3.05, 3.63) is 34.3 Å². The number of nitrogens with one attached hydrogen (secondary N) is 1. The van der Waals surface area contributed by atoms with Gasteiger partial charge in [0, 0.05) is 11.6 Å². The first-order valence-corrected chi connectivity index (χ1v) is 7.99. The summed E-state index contributed by atoms with van der Waals surface area (Å²) in [6, 6.07) is 6.51. The summed E-state index contributed by atoms with van der Waals surface area (Å²) in [5, 5.41) is 4.51. The van der Waals surface area contributed by atoms with Crippen LogP contribution in [0.25, 0.3) is 0 Å². The van der Waals surface area contributed by atoms with Gasteiger partial charge in [-0.15, -0.1) is 0 Å². The molecule has 1 aromatic rings. The smallest absolute Gasteiger partial charge is 0.0440 e. The Morgan fingerprint density at radius 1 is 1.21 bits per heavy atom. The van der Waals surface area contributed by atoms with Gasteiger partial charge in [-0.1, -0.05) is 49.9 Å². The van der Waals surface area contributed by atoms with Gasteiger partial charge < -0.3 is 5.32 Å². The van der Waals surface area contributed by atoms with Crippen LogP contribution in [-0.4, -0.2) is 13.1 Å². The lowest BCUT2D eigenvalue weighted by molar-refractivity contribution is 0.182. The summed E-state index contributed by atoms with van der Waals surface area (Å²) in [5.41, 5.74) is 3.00. The van der Waals surface area contributed by atoms with Gasteiger partial charge >= 0.3 is 0 Å². The highest BCUT2D eigenvalue weighted by molar-refractivity contribution is 6.31. The lowest BCUT2D eigenvalue weighted by Gasteiger charge is -2.38. The summed E-state index contributed by atoms with van der Waals surface area (Å²) in [6.07, 6.45) is 7.94. The van der Waals surface area contributed by atoms with Crippen LogP contribution in [0, 0.1) is 12.3 Å². The average molecular weight is 280 g/mol. The van der Waals surface area contributed by atoms with E-state index in [0.29, 0.717) is 5.41 Å². The lowest BCUT2D eigenvalue weighted by atomic mass is 9.70. The van der Waals surface area contributed by atoms with Crippen LogP contribution in [0.4, 0.5) is 0 Å². The molecule has 1 aliphatic carbocycles. The van der Waals surface area contributed by atoms with E-state index in [9.17, 15) is 0 Å². The van der Waals surface area contributed by atoms with Gasteiger partial charge in [0.25, 0.3) is 0 Å². The van der Waals surface area contributed by atoms with Gasteiger partial charge in [-0.2, -0.15) is 0 Å². The molecule has 2 heteroatoms. The maximum Gasteiger partial charge on any atom is 0.0440 e. The second-order valence-corrected chi connectivity index (χ2v) is 6.52. The molecule has 1 fully saturated rings. The Hall–Kier alpha value is -0.530. The summed E-state index contributed by atoms with van der Waals surface area (Å²) in [7, 11) is 0. The Morgan fingerprint density at radius 2 is 1.95 bits per heavy atom. The molecule has 0 atom stereocenters. The van der Waals surface area contributed by atoms with Gasteiger partial charge in [-0.3, -0.25) is 0 Å². The maximum absolute atomic E-state index is 6.42. The first-order chi connectivity index (χ1) is 9.15. The van der Waals surface area contributed by atoms with Crippen molar-refractivity contribution in [3.63, 3.8) is 0 Å². The Balaban J connectivity index is 2.14. The third-order valence-electron chi connectivity index (χ3n) is 4.44. The maximum atomic E-state index is 6.42. The number of benzene rings is 1. The topological polar surface area (TPSA) is 12.0 Å². The van der Waals surface area contributed by atoms with E-state index in [1.807, 2.05) is 0 Å². The number of hydrogen-bond donors (Lipinski definition) is 1. The van der Waals surface area contributed by atoms with Crippen molar-refractivity contribution < 1.29 is 0 Å². The molecule has 1 N–H and O–H groups in total. The van der Waals surface area contributed by atoms with Gasteiger partial charge in [0.2, 0.25) is 0 Å². The molecule has 0 aromatic heterocycles. The fraction of sp³-hybridized carbons (Fsp3) is 0.647. The summed E-state index contributed by atoms with van der Waals surface area (Å²) in [5.74, 6) is 0. The van der Waals surface area contributed by atoms with Crippen LogP contribution >= 0.6 is 11.6 Å². The van der Waals surface area contributed by atoms with E-state index in [0.717, 1.165) is 24.5 Å². The zero-order chi connectivity index (χ0) is 13.7. The number of hydrogen-bond acceptors (Lipinski definition) is 1. The largest absolute Gasteiger partial charge is 0.316 e. The number of aryl methyl sites for hydroxylation is 1. The quantitative estimate of drug-likeness (QED) is 0.820. The summed E-state index contributed by atoms with van der Waals surface area (Å²) in [4.78, 5) is 0. The molecule has 1 aliphatic rings. The summed E-state index contributed by atoms with van der Waals surface area (Å²) in [6.45, 7) is 6.48. The van der Waals surface area contributed by atoms with E-state index in [1.165, 1.54) is 43.2 Å². The fourth-order valence-electron chi connectivity index (χ4n) is 3.31. The SMILES string of the molecule is CCNCC1(Cc2ccc(C)cc2Cl)CCCCC1. The highest BCUT2D eigenvalue weighted by atomic mass is 35.5. The molecule has 1 aromatic carbocycles. The summed E-state index contributed by atoms with van der Waals surface area (Å²) >= 11 is 6.42. The van der Waals surface area contributed by atoms with Crippen LogP contribution < -0.4 is 5.32 Å². The van der Waals surface area contributed by atoms with Crippen LogP contribution in [0.15, 0.2) is 18.2 Å². The van der Waals surface area contributed by atoms with Crippen molar-refractivity contribution in [1.29, 1.82) is 0 Å². The van der Waals surface area contributed by atoms with E-state index >= 15 is 0 Å². The van der Waals surface area contributed by atoms with E-state index in [1.54, 1.807) is 0 Å². The van der Waals surface area contributed by atoms with Crippen molar-refractivity contribution in [1.82, 2.24) is 5.32 Å². The second-order valence-electron chi connectivity index (χ2n) is 6.11. The van der Waals surface area contributed by atoms with Gasteiger partial charge in [-0.05, 0) is 55.3 Å². The van der Waals surface area contributed by atoms with E-state index in [4.69, 9.17) is 11.6 Å². The molecular weight excluding hydrogens is 254 g/mol. The highest BCUT2D eigenvalue weighted by Crippen LogP contribution is 2.40. The molecule has 2 rings (SSSR count). The molecule has 0 spiro atoms. The minimum atomic E-state index is 0.424. The van der Waals surface area contributed by atoms with Gasteiger partial charge in [-0.25, -0.2) is 0 Å². The van der Waals surface area contributed by atoms with E-state index in [-0.39, 0.29) is 0 Å². The molecule has 0 unspecified atom stereocenters. The minimum absolute atomic E-state index is 0.424. The van der Waals surface area contributed by atoms with Crippen molar-refractivity contribution in [2.24, 2.45) is 5.41 Å². The zero-order valence-corrected chi connectivity index (χ0v) is 13.0. The minimum Gasteiger partial charge on any atom is -0.316 e. The van der Waals surface area contributed by atoms with Crippen LogP contribution in [0.2, 0.25) is 5.02 Å². The molecule has 1 nitrogen and oxygen atoms in total. The monoisotopic (exact) mass is 279 g/mol. The van der Waals surface area contributed by atoms with E-state index < -0.39 is 0 Å². The van der Waals surface area contributed by atoms with Crippen LogP contribution in [-0.2, 0) is 6.42 Å². The number of halogens is 1. The predicted molar refractivity (Wildman–Crippen MR) is 84.0 cm³/mol. The molecule has 1 saturated carbocycles. The van der Waals surface area contributed by atoms with E-state index in [2.05, 4.69) is 37.4 Å². The molecule has 0 heterocycles. The van der Waals surface area contributed by atoms with Crippen molar-refractivity contribution in [2.75, 3.05) is 13.1 Å². The standard InChI is InChI=1S/C17H26ClN/c1-3-19-13-17(9-5-4-6-10-17)12-15-8-7-14(2)11-16(15)18/h7-8,11,19H,3-6,9-10,12-13H2,1-2H3. The average Bonchev–Trinajstić information content (AvgIpc) is 2.41. The molecule has 19 heavy (non-hydrogen) atoms. The van der Waals surface area contributed by atoms with Crippen molar-refractivity contribution in [3.8, 4) is 0 Å². The predicted octanol–water partition coefficient (Wildman–Crippen LogP) is 4.75. The molecule has 0 amide bonds. The Morgan fingerprint density at radius 3 is 2.58 bits per heavy atom. The Kier molecular flexibility index (Phi) is 5.29. The van der Waals surface area contributed by atoms with Gasteiger partial charge in [0.05, 0.1) is 0 Å². The third kappa shape index (κ3) is 3.97. The first kappa shape index (κ1) is 14.9. The second kappa shape index (κ2) is 6.76. The number of rotatable bonds is 5. The van der Waals surface area contributed by atoms with Gasteiger partial charge in [0.1, 0.15) is 0 Å². The first-order valence-electron chi connectivity index (χ1n) is 7.61. The Bertz CT molecular complexity index is 408. The molecule has 0 saturated heterocycles. The molecule has 0 bridgehead atoms. The van der Waals surface area contributed by atoms with Crippen LogP contribution in [0.3, 0.4) is 0 Å². The molecule has 0 aliphatic heterocycles. The van der Waals surface area contributed by atoms with Crippen LogP contribution in [0.1, 0.15) is 50.2 Å². The Labute approximate surface area is 122 Å². The van der Waals surface area contributed by atoms with Crippen LogP contribution in [0.5, 0.6) is 0 Å². The normalized spacial score (nSPS) is 18.5. The van der Waals surface area contributed by atoms with Crippen molar-refractivity contribution >= 4 is 11.6 Å². The van der Waals surface area contributed by atoms with Crippen molar-refractivity contribution in [2.45, 2.75) is 52.4 Å².